The molecule has 1 atom stereocenters. The zero-order valence-corrected chi connectivity index (χ0v) is 15.1. The predicted molar refractivity (Wildman–Crippen MR) is 90.3 cm³/mol. The van der Waals surface area contributed by atoms with E-state index in [0.717, 1.165) is 16.4 Å². The minimum atomic E-state index is -4.06. The van der Waals surface area contributed by atoms with E-state index in [-0.39, 0.29) is 19.7 Å². The van der Waals surface area contributed by atoms with Crippen molar-refractivity contribution < 1.29 is 21.9 Å². The summed E-state index contributed by atoms with van der Waals surface area (Å²) >= 11 is 11.9. The van der Waals surface area contributed by atoms with Crippen LogP contribution >= 0.6 is 23.2 Å². The summed E-state index contributed by atoms with van der Waals surface area (Å²) < 4.78 is 58.9. The number of morpholine rings is 1. The van der Waals surface area contributed by atoms with Crippen LogP contribution in [-0.4, -0.2) is 32.4 Å². The van der Waals surface area contributed by atoms with Gasteiger partial charge in [0.1, 0.15) is 11.6 Å². The standard InChI is InChI=1S/C16H13Cl2F2NO3S/c17-11-3-10(4-12(18)5-11)16-9-21(1-2-24-16)25(22,23)15-7-13(19)6-14(20)8-15/h3-8,16H,1-2,9H2. The number of halogens is 4. The maximum Gasteiger partial charge on any atom is 0.243 e. The van der Waals surface area contributed by atoms with E-state index in [1.54, 1.807) is 18.2 Å². The Bertz CT molecular complexity index is 868. The van der Waals surface area contributed by atoms with Gasteiger partial charge < -0.3 is 4.74 Å². The second-order valence-electron chi connectivity index (χ2n) is 5.53. The summed E-state index contributed by atoms with van der Waals surface area (Å²) in [6, 6.07) is 7.03. The van der Waals surface area contributed by atoms with Crippen LogP contribution in [0.2, 0.25) is 10.0 Å². The first-order valence-electron chi connectivity index (χ1n) is 7.29. The van der Waals surface area contributed by atoms with Crippen LogP contribution in [0, 0.1) is 11.6 Å². The third kappa shape index (κ3) is 4.12. The van der Waals surface area contributed by atoms with Gasteiger partial charge in [-0.05, 0) is 35.9 Å². The number of nitrogens with zero attached hydrogens (tertiary/aromatic N) is 1. The molecule has 9 heteroatoms. The van der Waals surface area contributed by atoms with E-state index in [1.807, 2.05) is 0 Å². The van der Waals surface area contributed by atoms with E-state index in [1.165, 1.54) is 0 Å². The van der Waals surface area contributed by atoms with Crippen LogP contribution in [0.5, 0.6) is 0 Å². The highest BCUT2D eigenvalue weighted by Gasteiger charge is 2.32. The summed E-state index contributed by atoms with van der Waals surface area (Å²) in [6.45, 7) is 0.189. The third-order valence-electron chi connectivity index (χ3n) is 3.76. The van der Waals surface area contributed by atoms with Gasteiger partial charge in [0.2, 0.25) is 10.0 Å². The lowest BCUT2D eigenvalue weighted by Gasteiger charge is -2.32. The van der Waals surface area contributed by atoms with Crippen molar-refractivity contribution in [3.05, 3.63) is 63.6 Å². The van der Waals surface area contributed by atoms with Gasteiger partial charge in [0.25, 0.3) is 0 Å². The van der Waals surface area contributed by atoms with Gasteiger partial charge >= 0.3 is 0 Å². The molecule has 0 radical (unpaired) electrons. The van der Waals surface area contributed by atoms with Crippen molar-refractivity contribution in [3.8, 4) is 0 Å². The predicted octanol–water partition coefficient (Wildman–Crippen LogP) is 4.03. The quantitative estimate of drug-likeness (QED) is 0.771. The first kappa shape index (κ1) is 18.5. The van der Waals surface area contributed by atoms with Crippen molar-refractivity contribution >= 4 is 33.2 Å². The third-order valence-corrected chi connectivity index (χ3v) is 6.04. The molecule has 1 aliphatic heterocycles. The van der Waals surface area contributed by atoms with Gasteiger partial charge in [-0.1, -0.05) is 23.2 Å². The Hall–Kier alpha value is -1.25. The number of hydrogen-bond acceptors (Lipinski definition) is 3. The molecule has 1 heterocycles. The topological polar surface area (TPSA) is 46.6 Å². The maximum absolute atomic E-state index is 13.4. The van der Waals surface area contributed by atoms with E-state index in [4.69, 9.17) is 27.9 Å². The van der Waals surface area contributed by atoms with Gasteiger partial charge in [0, 0.05) is 29.2 Å². The summed E-state index contributed by atoms with van der Waals surface area (Å²) in [6.07, 6.45) is -0.585. The maximum atomic E-state index is 13.4. The minimum absolute atomic E-state index is 0.0167. The van der Waals surface area contributed by atoms with Gasteiger partial charge in [-0.25, -0.2) is 17.2 Å². The molecule has 25 heavy (non-hydrogen) atoms. The summed E-state index contributed by atoms with van der Waals surface area (Å²) in [7, 11) is -4.06. The molecule has 0 aliphatic carbocycles. The van der Waals surface area contributed by atoms with Gasteiger partial charge in [-0.3, -0.25) is 0 Å². The Labute approximate surface area is 154 Å². The summed E-state index contributed by atoms with van der Waals surface area (Å²) in [5, 5.41) is 0.802. The molecule has 134 valence electrons. The first-order chi connectivity index (χ1) is 11.8. The Balaban J connectivity index is 1.89. The van der Waals surface area contributed by atoms with E-state index in [2.05, 4.69) is 0 Å². The lowest BCUT2D eigenvalue weighted by atomic mass is 10.1. The lowest BCUT2D eigenvalue weighted by molar-refractivity contribution is -0.00255. The van der Waals surface area contributed by atoms with Crippen LogP contribution in [0.25, 0.3) is 0 Å². The highest BCUT2D eigenvalue weighted by Crippen LogP contribution is 2.30. The molecular formula is C16H13Cl2F2NO3S. The Morgan fingerprint density at radius 2 is 1.60 bits per heavy atom. The molecule has 0 spiro atoms. The van der Waals surface area contributed by atoms with Crippen molar-refractivity contribution in [1.82, 2.24) is 4.31 Å². The fourth-order valence-corrected chi connectivity index (χ4v) is 4.64. The largest absolute Gasteiger partial charge is 0.371 e. The fraction of sp³-hybridized carbons (Fsp3) is 0.250. The van der Waals surface area contributed by atoms with Gasteiger partial charge in [-0.15, -0.1) is 0 Å². The molecule has 2 aromatic rings. The molecule has 1 saturated heterocycles. The smallest absolute Gasteiger partial charge is 0.243 e. The summed E-state index contributed by atoms with van der Waals surface area (Å²) in [5.41, 5.74) is 0.628. The van der Waals surface area contributed by atoms with Gasteiger partial charge in [0.05, 0.1) is 17.6 Å². The molecule has 0 amide bonds. The summed E-state index contributed by atoms with van der Waals surface area (Å²) in [4.78, 5) is -0.435. The van der Waals surface area contributed by atoms with Gasteiger partial charge in [-0.2, -0.15) is 4.31 Å². The van der Waals surface area contributed by atoms with E-state index >= 15 is 0 Å². The zero-order chi connectivity index (χ0) is 18.2. The molecule has 4 nitrogen and oxygen atoms in total. The molecule has 1 fully saturated rings. The lowest BCUT2D eigenvalue weighted by Crippen LogP contribution is -2.42. The monoisotopic (exact) mass is 407 g/mol. The molecule has 1 aliphatic rings. The molecule has 0 bridgehead atoms. The first-order valence-corrected chi connectivity index (χ1v) is 9.49. The Morgan fingerprint density at radius 3 is 2.20 bits per heavy atom. The fourth-order valence-electron chi connectivity index (χ4n) is 2.63. The molecule has 0 saturated carbocycles. The van der Waals surface area contributed by atoms with E-state index in [9.17, 15) is 17.2 Å². The van der Waals surface area contributed by atoms with Crippen LogP contribution in [0.3, 0.4) is 0 Å². The second kappa shape index (κ2) is 7.17. The van der Waals surface area contributed by atoms with Crippen molar-refractivity contribution in [3.63, 3.8) is 0 Å². The van der Waals surface area contributed by atoms with E-state index in [0.29, 0.717) is 21.7 Å². The normalized spacial score (nSPS) is 19.1. The number of rotatable bonds is 3. The average Bonchev–Trinajstić information content (AvgIpc) is 2.53. The number of ether oxygens (including phenoxy) is 1. The molecule has 0 N–H and O–H groups in total. The number of sulfonamides is 1. The van der Waals surface area contributed by atoms with Crippen molar-refractivity contribution in [1.29, 1.82) is 0 Å². The number of benzene rings is 2. The minimum Gasteiger partial charge on any atom is -0.371 e. The Morgan fingerprint density at radius 1 is 1.00 bits per heavy atom. The summed E-state index contributed by atoms with van der Waals surface area (Å²) in [5.74, 6) is -1.91. The van der Waals surface area contributed by atoms with Crippen LogP contribution in [0.4, 0.5) is 8.78 Å². The molecule has 3 rings (SSSR count). The average molecular weight is 408 g/mol. The van der Waals surface area contributed by atoms with Crippen LogP contribution in [0.15, 0.2) is 41.3 Å². The van der Waals surface area contributed by atoms with Crippen molar-refractivity contribution in [2.75, 3.05) is 19.7 Å². The molecule has 0 aromatic heterocycles. The Kier molecular flexibility index (Phi) is 5.31. The van der Waals surface area contributed by atoms with Crippen LogP contribution in [-0.2, 0) is 14.8 Å². The van der Waals surface area contributed by atoms with Crippen molar-refractivity contribution in [2.24, 2.45) is 0 Å². The van der Waals surface area contributed by atoms with E-state index < -0.39 is 32.7 Å². The molecule has 2 aromatic carbocycles. The van der Waals surface area contributed by atoms with Crippen molar-refractivity contribution in [2.45, 2.75) is 11.0 Å². The molecule has 1 unspecified atom stereocenters. The number of hydrogen-bond donors (Lipinski definition) is 0. The van der Waals surface area contributed by atoms with Crippen LogP contribution in [0.1, 0.15) is 11.7 Å². The molecular weight excluding hydrogens is 395 g/mol. The highest BCUT2D eigenvalue weighted by atomic mass is 35.5. The zero-order valence-electron chi connectivity index (χ0n) is 12.8. The second-order valence-corrected chi connectivity index (χ2v) is 8.34. The highest BCUT2D eigenvalue weighted by molar-refractivity contribution is 7.89. The SMILES string of the molecule is O=S(=O)(c1cc(F)cc(F)c1)N1CCOC(c2cc(Cl)cc(Cl)c2)C1. The van der Waals surface area contributed by atoms with Crippen LogP contribution < -0.4 is 0 Å². The van der Waals surface area contributed by atoms with Gasteiger partial charge in [0.15, 0.2) is 0 Å².